The number of ketones is 1. The molecule has 9 heteroatoms. The quantitative estimate of drug-likeness (QED) is 0.262. The van der Waals surface area contributed by atoms with E-state index in [1.165, 1.54) is 19.3 Å². The van der Waals surface area contributed by atoms with Gasteiger partial charge in [-0.3, -0.25) is 4.79 Å². The van der Waals surface area contributed by atoms with E-state index < -0.39 is 11.6 Å². The van der Waals surface area contributed by atoms with E-state index in [-0.39, 0.29) is 29.0 Å². The van der Waals surface area contributed by atoms with Gasteiger partial charge in [0, 0.05) is 57.0 Å². The van der Waals surface area contributed by atoms with Crippen LogP contribution in [0.4, 0.5) is 0 Å². The van der Waals surface area contributed by atoms with Crippen molar-refractivity contribution in [3.63, 3.8) is 0 Å². The van der Waals surface area contributed by atoms with Crippen LogP contribution in [0.1, 0.15) is 95.0 Å². The molecule has 0 unspecified atom stereocenters. The normalized spacial score (nSPS) is 26.3. The van der Waals surface area contributed by atoms with E-state index in [4.69, 9.17) is 23.7 Å². The monoisotopic (exact) mass is 758 g/mol. The molecule has 0 saturated carbocycles. The first kappa shape index (κ1) is 37.6. The molecule has 5 saturated heterocycles. The molecule has 2 aromatic rings. The number of benzene rings is 2. The Morgan fingerprint density at radius 2 is 1.30 bits per heavy atom. The van der Waals surface area contributed by atoms with E-state index in [2.05, 4.69) is 57.8 Å². The predicted molar refractivity (Wildman–Crippen MR) is 183 cm³/mol. The maximum absolute atomic E-state index is 12.3. The lowest BCUT2D eigenvalue weighted by Crippen LogP contribution is -2.53. The van der Waals surface area contributed by atoms with Gasteiger partial charge in [-0.1, -0.05) is 70.0 Å². The van der Waals surface area contributed by atoms with E-state index in [0.29, 0.717) is 19.6 Å². The lowest BCUT2D eigenvalue weighted by atomic mass is 9.75. The van der Waals surface area contributed by atoms with Gasteiger partial charge in [-0.25, -0.2) is 0 Å². The van der Waals surface area contributed by atoms with E-state index in [1.54, 1.807) is 0 Å². The summed E-state index contributed by atoms with van der Waals surface area (Å²) in [6.07, 6.45) is 8.17. The summed E-state index contributed by atoms with van der Waals surface area (Å²) in [5, 5.41) is 0. The van der Waals surface area contributed by atoms with E-state index in [1.807, 2.05) is 50.2 Å². The summed E-state index contributed by atoms with van der Waals surface area (Å²) in [7, 11) is 0. The third-order valence-corrected chi connectivity index (χ3v) is 10.4. The highest BCUT2D eigenvalue weighted by molar-refractivity contribution is 9.10. The van der Waals surface area contributed by atoms with Crippen molar-refractivity contribution in [1.82, 2.24) is 0 Å². The lowest BCUT2D eigenvalue weighted by molar-refractivity contribution is -0.350. The van der Waals surface area contributed by atoms with Crippen molar-refractivity contribution in [2.45, 2.75) is 90.6 Å². The Balaban J connectivity index is 0.000000206. The molecular weight excluding hydrogens is 712 g/mol. The fourth-order valence-electron chi connectivity index (χ4n) is 5.67. The largest absolute Gasteiger partial charge is 0.381 e. The van der Waals surface area contributed by atoms with Crippen molar-refractivity contribution < 1.29 is 28.5 Å². The van der Waals surface area contributed by atoms with Crippen molar-refractivity contribution in [2.75, 3.05) is 39.6 Å². The van der Waals surface area contributed by atoms with Crippen LogP contribution in [0.15, 0.2) is 57.5 Å². The van der Waals surface area contributed by atoms with Gasteiger partial charge in [0.25, 0.3) is 0 Å². The van der Waals surface area contributed by atoms with Crippen molar-refractivity contribution in [3.8, 4) is 0 Å². The average molecular weight is 761 g/mol. The Bertz CT molecular complexity index is 1120. The molecule has 0 N–H and O–H groups in total. The number of carbonyl (C=O) groups is 1. The van der Waals surface area contributed by atoms with Crippen molar-refractivity contribution >= 4 is 50.1 Å². The molecule has 6 nitrogen and oxygen atoms in total. The fraction of sp³-hybridized carbons (Fsp3) is 0.629. The standard InChI is InChI=1S/C17H23BrO3.C14H17BrO2.C4H8O.ClH/c1-4-17(11-20-16(2,3)21-12-17)10-9-15(19)13-5-7-14(18)8-6-13;1-2-13-7-8-14(16-9-13,17-10-13)11-3-5-12(15)6-4-11;1-2-4-5-3-1;/h5-8H,4,9-12H2,1-3H3;3-6H,2,7-10H2,1H3;1-4H2;1H. The molecule has 0 radical (unpaired) electrons. The van der Waals surface area contributed by atoms with Gasteiger partial charge in [0.2, 0.25) is 0 Å². The number of halogens is 3. The highest BCUT2D eigenvalue weighted by atomic mass is 79.9. The fourth-order valence-corrected chi connectivity index (χ4v) is 6.20. The second-order valence-electron chi connectivity index (χ2n) is 12.8. The molecule has 5 fully saturated rings. The van der Waals surface area contributed by atoms with Crippen molar-refractivity contribution in [1.29, 1.82) is 0 Å². The number of carbonyl (C=O) groups excluding carboxylic acids is 1. The minimum atomic E-state index is -0.506. The Kier molecular flexibility index (Phi) is 14.4. The highest BCUT2D eigenvalue weighted by Crippen LogP contribution is 2.50. The topological polar surface area (TPSA) is 63.2 Å². The van der Waals surface area contributed by atoms with Crippen LogP contribution in [0.25, 0.3) is 0 Å². The van der Waals surface area contributed by atoms with E-state index in [9.17, 15) is 4.79 Å². The lowest BCUT2D eigenvalue weighted by Gasteiger charge is -2.52. The average Bonchev–Trinajstić information content (AvgIpc) is 3.63. The second-order valence-corrected chi connectivity index (χ2v) is 14.6. The third-order valence-electron chi connectivity index (χ3n) is 9.32. The molecule has 0 atom stereocenters. The van der Waals surface area contributed by atoms with Crippen LogP contribution in [-0.2, 0) is 29.5 Å². The van der Waals surface area contributed by atoms with Crippen LogP contribution in [0, 0.1) is 10.8 Å². The van der Waals surface area contributed by atoms with E-state index >= 15 is 0 Å². The molecule has 246 valence electrons. The van der Waals surface area contributed by atoms with Crippen LogP contribution in [-0.4, -0.2) is 51.2 Å². The van der Waals surface area contributed by atoms with Crippen molar-refractivity contribution in [3.05, 3.63) is 68.6 Å². The molecule has 7 rings (SSSR count). The maximum Gasteiger partial charge on any atom is 0.194 e. The molecule has 2 aromatic carbocycles. The van der Waals surface area contributed by atoms with Gasteiger partial charge in [0.1, 0.15) is 0 Å². The zero-order valence-corrected chi connectivity index (χ0v) is 30.6. The smallest absolute Gasteiger partial charge is 0.194 e. The van der Waals surface area contributed by atoms with Gasteiger partial charge in [-0.05, 0) is 76.6 Å². The molecule has 5 aliphatic rings. The Morgan fingerprint density at radius 1 is 0.750 bits per heavy atom. The number of fused-ring (bicyclic) bond motifs is 3. The summed E-state index contributed by atoms with van der Waals surface area (Å²) in [6, 6.07) is 15.8. The molecule has 5 heterocycles. The molecule has 0 spiro atoms. The summed E-state index contributed by atoms with van der Waals surface area (Å²) in [6.45, 7) is 13.2. The second kappa shape index (κ2) is 16.8. The first-order valence-electron chi connectivity index (χ1n) is 15.7. The molecule has 5 aliphatic heterocycles. The molecule has 2 bridgehead atoms. The molecule has 0 aliphatic carbocycles. The Hall–Kier alpha value is -0.840. The molecular formula is C35H49Br2ClO6. The first-order valence-corrected chi connectivity index (χ1v) is 17.3. The summed E-state index contributed by atoms with van der Waals surface area (Å²) in [5.41, 5.74) is 2.14. The van der Waals surface area contributed by atoms with Gasteiger partial charge in [0.05, 0.1) is 26.4 Å². The van der Waals surface area contributed by atoms with E-state index in [0.717, 1.165) is 72.2 Å². The highest BCUT2D eigenvalue weighted by Gasteiger charge is 2.51. The number of ether oxygens (including phenoxy) is 5. The number of hydrogen-bond donors (Lipinski definition) is 0. The Morgan fingerprint density at radius 3 is 1.73 bits per heavy atom. The van der Waals surface area contributed by atoms with Crippen LogP contribution in [0.5, 0.6) is 0 Å². The van der Waals surface area contributed by atoms with Crippen LogP contribution >= 0.6 is 44.3 Å². The first-order chi connectivity index (χ1) is 20.5. The minimum Gasteiger partial charge on any atom is -0.381 e. The zero-order chi connectivity index (χ0) is 31.0. The van der Waals surface area contributed by atoms with Crippen LogP contribution < -0.4 is 0 Å². The van der Waals surface area contributed by atoms with Gasteiger partial charge in [0.15, 0.2) is 17.4 Å². The zero-order valence-electron chi connectivity index (χ0n) is 26.6. The molecule has 0 amide bonds. The maximum atomic E-state index is 12.3. The number of hydrogen-bond acceptors (Lipinski definition) is 6. The van der Waals surface area contributed by atoms with Crippen LogP contribution in [0.2, 0.25) is 0 Å². The van der Waals surface area contributed by atoms with Gasteiger partial charge in [-0.2, -0.15) is 0 Å². The third kappa shape index (κ3) is 10.1. The van der Waals surface area contributed by atoms with Gasteiger partial charge in [-0.15, -0.1) is 12.4 Å². The Labute approximate surface area is 286 Å². The van der Waals surface area contributed by atoms with Crippen LogP contribution in [0.3, 0.4) is 0 Å². The van der Waals surface area contributed by atoms with Crippen molar-refractivity contribution in [2.24, 2.45) is 10.8 Å². The summed E-state index contributed by atoms with van der Waals surface area (Å²) >= 11 is 6.84. The summed E-state index contributed by atoms with van der Waals surface area (Å²) < 4.78 is 30.7. The number of Topliss-reactive ketones (excluding diaryl/α,β-unsaturated/α-hetero) is 1. The summed E-state index contributed by atoms with van der Waals surface area (Å²) in [4.78, 5) is 12.3. The minimum absolute atomic E-state index is 0. The molecule has 44 heavy (non-hydrogen) atoms. The molecule has 0 aromatic heterocycles. The van der Waals surface area contributed by atoms with Gasteiger partial charge >= 0.3 is 0 Å². The summed E-state index contributed by atoms with van der Waals surface area (Å²) in [5.74, 6) is -0.799. The van der Waals surface area contributed by atoms with Gasteiger partial charge < -0.3 is 23.7 Å². The SMILES string of the molecule is C1CCOC1.CCC1(CCC(=O)c2ccc(Br)cc2)COC(C)(C)OC1.CCC12CCC(c3ccc(Br)cc3)(OC1)OC2.Cl. The number of rotatable bonds is 7. The predicted octanol–water partition coefficient (Wildman–Crippen LogP) is 9.65.